The molecule has 0 bridgehead atoms. The van der Waals surface area contributed by atoms with E-state index >= 15 is 0 Å². The third-order valence-corrected chi connectivity index (χ3v) is 4.12. The van der Waals surface area contributed by atoms with Crippen molar-refractivity contribution < 1.29 is 9.53 Å². The first-order chi connectivity index (χ1) is 7.27. The second kappa shape index (κ2) is 4.52. The molecule has 1 N–H and O–H groups in total. The number of methoxy groups -OCH3 is 1. The molecule has 2 atom stereocenters. The second-order valence-corrected chi connectivity index (χ2v) is 4.97. The predicted octanol–water partition coefficient (Wildman–Crippen LogP) is 1.86. The van der Waals surface area contributed by atoms with Crippen molar-refractivity contribution in [2.24, 2.45) is 5.41 Å². The number of ether oxygens (including phenoxy) is 1. The Kier molecular flexibility index (Phi) is 3.29. The predicted molar refractivity (Wildman–Crippen MR) is 58.6 cm³/mol. The quantitative estimate of drug-likeness (QED) is 0.709. The molecular formula is C12H21NO2. The molecule has 0 aromatic heterocycles. The van der Waals surface area contributed by atoms with E-state index in [0.29, 0.717) is 12.5 Å². The Morgan fingerprint density at radius 3 is 3.00 bits per heavy atom. The number of carbonyl (C=O) groups excluding carboxylic acids is 1. The number of piperidine rings is 1. The highest BCUT2D eigenvalue weighted by Crippen LogP contribution is 2.45. The van der Waals surface area contributed by atoms with Crippen molar-refractivity contribution in [2.75, 3.05) is 13.7 Å². The van der Waals surface area contributed by atoms with E-state index in [9.17, 15) is 4.79 Å². The summed E-state index contributed by atoms with van der Waals surface area (Å²) in [6, 6.07) is 0.555. The Labute approximate surface area is 91.6 Å². The molecule has 86 valence electrons. The lowest BCUT2D eigenvalue weighted by Gasteiger charge is -2.47. The molecule has 1 saturated heterocycles. The van der Waals surface area contributed by atoms with Gasteiger partial charge in [-0.15, -0.1) is 0 Å². The van der Waals surface area contributed by atoms with E-state index in [0.717, 1.165) is 6.54 Å². The average molecular weight is 211 g/mol. The van der Waals surface area contributed by atoms with Crippen LogP contribution in [0.25, 0.3) is 0 Å². The van der Waals surface area contributed by atoms with Gasteiger partial charge in [0.05, 0.1) is 13.5 Å². The SMILES string of the molecule is COC(=O)C[C@]12CCCC[C@H]1NCCC2. The molecule has 0 spiro atoms. The molecule has 1 saturated carbocycles. The van der Waals surface area contributed by atoms with Gasteiger partial charge >= 0.3 is 5.97 Å². The van der Waals surface area contributed by atoms with Crippen molar-refractivity contribution >= 4 is 5.97 Å². The van der Waals surface area contributed by atoms with E-state index < -0.39 is 0 Å². The summed E-state index contributed by atoms with van der Waals surface area (Å²) in [4.78, 5) is 11.5. The van der Waals surface area contributed by atoms with E-state index in [-0.39, 0.29) is 11.4 Å². The van der Waals surface area contributed by atoms with Crippen LogP contribution in [0.5, 0.6) is 0 Å². The number of fused-ring (bicyclic) bond motifs is 1. The molecule has 3 nitrogen and oxygen atoms in total. The zero-order valence-electron chi connectivity index (χ0n) is 9.55. The topological polar surface area (TPSA) is 38.3 Å². The van der Waals surface area contributed by atoms with Crippen LogP contribution < -0.4 is 5.32 Å². The van der Waals surface area contributed by atoms with Gasteiger partial charge in [-0.2, -0.15) is 0 Å². The van der Waals surface area contributed by atoms with Crippen LogP contribution >= 0.6 is 0 Å². The van der Waals surface area contributed by atoms with Crippen molar-refractivity contribution in [3.8, 4) is 0 Å². The number of carbonyl (C=O) groups is 1. The monoisotopic (exact) mass is 211 g/mol. The van der Waals surface area contributed by atoms with Gasteiger partial charge in [0.15, 0.2) is 0 Å². The molecule has 3 heteroatoms. The van der Waals surface area contributed by atoms with Crippen molar-refractivity contribution in [3.05, 3.63) is 0 Å². The zero-order valence-corrected chi connectivity index (χ0v) is 9.55. The van der Waals surface area contributed by atoms with E-state index in [1.807, 2.05) is 0 Å². The first-order valence-electron chi connectivity index (χ1n) is 6.07. The van der Waals surface area contributed by atoms with Crippen LogP contribution in [0.15, 0.2) is 0 Å². The molecule has 1 heterocycles. The average Bonchev–Trinajstić information content (AvgIpc) is 2.28. The van der Waals surface area contributed by atoms with Crippen LogP contribution in [0.4, 0.5) is 0 Å². The maximum absolute atomic E-state index is 11.5. The van der Waals surface area contributed by atoms with Crippen LogP contribution in [0.1, 0.15) is 44.9 Å². The summed E-state index contributed by atoms with van der Waals surface area (Å²) in [6.45, 7) is 1.12. The Hall–Kier alpha value is -0.570. The summed E-state index contributed by atoms with van der Waals surface area (Å²) < 4.78 is 4.83. The minimum atomic E-state index is -0.0365. The lowest BCUT2D eigenvalue weighted by atomic mass is 9.64. The van der Waals surface area contributed by atoms with E-state index in [1.165, 1.54) is 45.6 Å². The van der Waals surface area contributed by atoms with Gasteiger partial charge < -0.3 is 10.1 Å². The van der Waals surface area contributed by atoms with Gasteiger partial charge in [0, 0.05) is 6.04 Å². The third kappa shape index (κ3) is 2.17. The first kappa shape index (κ1) is 10.9. The van der Waals surface area contributed by atoms with Gasteiger partial charge in [0.2, 0.25) is 0 Å². The molecule has 2 rings (SSSR count). The highest BCUT2D eigenvalue weighted by molar-refractivity contribution is 5.70. The van der Waals surface area contributed by atoms with Gasteiger partial charge in [0.1, 0.15) is 0 Å². The van der Waals surface area contributed by atoms with Gasteiger partial charge in [0.25, 0.3) is 0 Å². The minimum absolute atomic E-state index is 0.0365. The molecule has 0 radical (unpaired) electrons. The van der Waals surface area contributed by atoms with Gasteiger partial charge in [-0.25, -0.2) is 0 Å². The largest absolute Gasteiger partial charge is 0.469 e. The number of esters is 1. The molecule has 0 aromatic carbocycles. The number of nitrogens with one attached hydrogen (secondary N) is 1. The first-order valence-corrected chi connectivity index (χ1v) is 6.07. The Bertz CT molecular complexity index is 228. The fourth-order valence-corrected chi connectivity index (χ4v) is 3.30. The fourth-order valence-electron chi connectivity index (χ4n) is 3.30. The molecule has 1 aliphatic carbocycles. The summed E-state index contributed by atoms with van der Waals surface area (Å²) in [5.41, 5.74) is 0.212. The van der Waals surface area contributed by atoms with Crippen LogP contribution in [0, 0.1) is 5.41 Å². The smallest absolute Gasteiger partial charge is 0.306 e. The Morgan fingerprint density at radius 2 is 2.20 bits per heavy atom. The molecule has 0 unspecified atom stereocenters. The summed E-state index contributed by atoms with van der Waals surface area (Å²) in [5, 5.41) is 3.58. The maximum atomic E-state index is 11.5. The van der Waals surface area contributed by atoms with Crippen LogP contribution in [0.3, 0.4) is 0 Å². The summed E-state index contributed by atoms with van der Waals surface area (Å²) >= 11 is 0. The second-order valence-electron chi connectivity index (χ2n) is 4.97. The molecule has 0 amide bonds. The normalized spacial score (nSPS) is 35.7. The molecular weight excluding hydrogens is 190 g/mol. The Morgan fingerprint density at radius 1 is 1.40 bits per heavy atom. The molecule has 2 fully saturated rings. The molecule has 0 aromatic rings. The van der Waals surface area contributed by atoms with Crippen LogP contribution in [-0.4, -0.2) is 25.7 Å². The van der Waals surface area contributed by atoms with Crippen LogP contribution in [-0.2, 0) is 9.53 Å². The molecule has 1 aliphatic heterocycles. The van der Waals surface area contributed by atoms with Crippen molar-refractivity contribution in [1.82, 2.24) is 5.32 Å². The van der Waals surface area contributed by atoms with Gasteiger partial charge in [-0.3, -0.25) is 4.79 Å². The maximum Gasteiger partial charge on any atom is 0.306 e. The lowest BCUT2D eigenvalue weighted by Crippen LogP contribution is -2.52. The highest BCUT2D eigenvalue weighted by Gasteiger charge is 2.43. The third-order valence-electron chi connectivity index (χ3n) is 4.12. The number of rotatable bonds is 2. The zero-order chi connectivity index (χ0) is 10.7. The highest BCUT2D eigenvalue weighted by atomic mass is 16.5. The van der Waals surface area contributed by atoms with E-state index in [1.54, 1.807) is 0 Å². The summed E-state index contributed by atoms with van der Waals surface area (Å²) in [6.07, 6.45) is 8.01. The summed E-state index contributed by atoms with van der Waals surface area (Å²) in [7, 11) is 1.49. The molecule has 15 heavy (non-hydrogen) atoms. The van der Waals surface area contributed by atoms with E-state index in [2.05, 4.69) is 5.32 Å². The Balaban J connectivity index is 2.08. The standard InChI is InChI=1S/C12H21NO2/c1-15-11(14)9-12-6-3-2-5-10(12)13-8-4-7-12/h10,13H,2-9H2,1H3/t10-,12-/m1/s1. The minimum Gasteiger partial charge on any atom is -0.469 e. The van der Waals surface area contributed by atoms with Gasteiger partial charge in [-0.1, -0.05) is 12.8 Å². The van der Waals surface area contributed by atoms with Crippen molar-refractivity contribution in [2.45, 2.75) is 51.0 Å². The lowest BCUT2D eigenvalue weighted by molar-refractivity contribution is -0.145. The fraction of sp³-hybridized carbons (Fsp3) is 0.917. The van der Waals surface area contributed by atoms with Gasteiger partial charge in [-0.05, 0) is 37.6 Å². The number of hydrogen-bond acceptors (Lipinski definition) is 3. The number of hydrogen-bond donors (Lipinski definition) is 1. The van der Waals surface area contributed by atoms with Crippen molar-refractivity contribution in [3.63, 3.8) is 0 Å². The molecule has 2 aliphatic rings. The van der Waals surface area contributed by atoms with E-state index in [4.69, 9.17) is 4.74 Å². The van der Waals surface area contributed by atoms with Crippen molar-refractivity contribution in [1.29, 1.82) is 0 Å². The van der Waals surface area contributed by atoms with Crippen LogP contribution in [0.2, 0.25) is 0 Å². The summed E-state index contributed by atoms with van der Waals surface area (Å²) in [5.74, 6) is -0.0365.